The van der Waals surface area contributed by atoms with Crippen molar-refractivity contribution in [2.45, 2.75) is 25.6 Å². The Labute approximate surface area is 189 Å². The van der Waals surface area contributed by atoms with Crippen LogP contribution in [0, 0.1) is 5.82 Å². The molecule has 2 heterocycles. The molecule has 0 radical (unpaired) electrons. The lowest BCUT2D eigenvalue weighted by Gasteiger charge is -2.20. The normalized spacial score (nSPS) is 15.8. The average Bonchev–Trinajstić information content (AvgIpc) is 3.18. The minimum atomic E-state index is -3.87. The van der Waals surface area contributed by atoms with Crippen LogP contribution in [-0.4, -0.2) is 52.9 Å². The van der Waals surface area contributed by atoms with E-state index >= 15 is 0 Å². The minimum absolute atomic E-state index is 0.155. The maximum Gasteiger partial charge on any atom is 0.328 e. The van der Waals surface area contributed by atoms with Gasteiger partial charge in [0.05, 0.1) is 10.6 Å². The van der Waals surface area contributed by atoms with E-state index < -0.39 is 34.0 Å². The van der Waals surface area contributed by atoms with Crippen LogP contribution in [0.15, 0.2) is 59.8 Å². The standard InChI is InChI=1S/C17H20FN3O3S.C4H4O4/c1-19-9-12-8-16(14-4-2-3-5-15(14)18)21(11-12)25(23,24)13-6-7-17(22)20-10-13;5-3(6)1-2-4(7)8/h2-5,8,10-11,17,19-20,22H,6-7,9H2,1H3;1-2H,(H,5,6)(H,7,8)/b;2-1+. The monoisotopic (exact) mass is 481 g/mol. The van der Waals surface area contributed by atoms with Crippen LogP contribution in [0.1, 0.15) is 18.4 Å². The molecule has 1 atom stereocenters. The number of benzene rings is 1. The van der Waals surface area contributed by atoms with Gasteiger partial charge in [-0.1, -0.05) is 12.1 Å². The Bertz CT molecular complexity index is 1160. The van der Waals surface area contributed by atoms with Crippen LogP contribution in [0.2, 0.25) is 0 Å². The zero-order valence-electron chi connectivity index (χ0n) is 17.6. The van der Waals surface area contributed by atoms with Gasteiger partial charge < -0.3 is 26.0 Å². The maximum absolute atomic E-state index is 14.2. The van der Waals surface area contributed by atoms with Crippen LogP contribution in [0.4, 0.5) is 4.39 Å². The first-order valence-electron chi connectivity index (χ1n) is 9.69. The molecule has 33 heavy (non-hydrogen) atoms. The number of aliphatic hydroxyl groups is 1. The van der Waals surface area contributed by atoms with Crippen molar-refractivity contribution in [3.8, 4) is 11.3 Å². The van der Waals surface area contributed by atoms with Crippen molar-refractivity contribution < 1.29 is 37.7 Å². The molecule has 0 saturated carbocycles. The number of hydrogen-bond acceptors (Lipinski definition) is 7. The van der Waals surface area contributed by atoms with Gasteiger partial charge >= 0.3 is 11.9 Å². The minimum Gasteiger partial charge on any atom is -0.478 e. The molecule has 0 aliphatic carbocycles. The lowest BCUT2D eigenvalue weighted by molar-refractivity contribution is -0.134. The second-order valence-corrected chi connectivity index (χ2v) is 8.75. The first-order valence-corrected chi connectivity index (χ1v) is 11.1. The van der Waals surface area contributed by atoms with E-state index in [-0.39, 0.29) is 22.6 Å². The number of aromatic nitrogens is 1. The molecule has 1 unspecified atom stereocenters. The number of rotatable bonds is 7. The van der Waals surface area contributed by atoms with E-state index in [1.807, 2.05) is 0 Å². The Morgan fingerprint density at radius 2 is 1.88 bits per heavy atom. The summed E-state index contributed by atoms with van der Waals surface area (Å²) in [4.78, 5) is 19.3. The maximum atomic E-state index is 14.2. The summed E-state index contributed by atoms with van der Waals surface area (Å²) in [7, 11) is -2.12. The molecule has 1 aromatic carbocycles. The zero-order chi connectivity index (χ0) is 24.6. The molecule has 3 rings (SSSR count). The third kappa shape index (κ3) is 7.00. The summed E-state index contributed by atoms with van der Waals surface area (Å²) in [6, 6.07) is 7.74. The highest BCUT2D eigenvalue weighted by atomic mass is 32.2. The van der Waals surface area contributed by atoms with Gasteiger partial charge in [-0.2, -0.15) is 0 Å². The first kappa shape index (κ1) is 25.8. The number of halogens is 1. The van der Waals surface area contributed by atoms with Crippen LogP contribution in [0.25, 0.3) is 11.3 Å². The third-order valence-electron chi connectivity index (χ3n) is 4.43. The van der Waals surface area contributed by atoms with E-state index in [0.29, 0.717) is 25.1 Å². The van der Waals surface area contributed by atoms with Gasteiger partial charge in [-0.15, -0.1) is 0 Å². The molecule has 0 amide bonds. The van der Waals surface area contributed by atoms with E-state index in [1.54, 1.807) is 31.3 Å². The number of nitrogens with one attached hydrogen (secondary N) is 2. The molecule has 0 saturated heterocycles. The van der Waals surface area contributed by atoms with Crippen molar-refractivity contribution in [2.24, 2.45) is 0 Å². The van der Waals surface area contributed by atoms with E-state index in [4.69, 9.17) is 10.2 Å². The molecular weight excluding hydrogens is 457 g/mol. The van der Waals surface area contributed by atoms with Crippen molar-refractivity contribution in [2.75, 3.05) is 7.05 Å². The van der Waals surface area contributed by atoms with E-state index in [1.165, 1.54) is 18.5 Å². The molecule has 0 fully saturated rings. The fraction of sp³-hybridized carbons (Fsp3) is 0.238. The van der Waals surface area contributed by atoms with Crippen molar-refractivity contribution in [1.29, 1.82) is 0 Å². The van der Waals surface area contributed by atoms with Gasteiger partial charge in [-0.05, 0) is 43.7 Å². The number of carboxylic acid groups (broad SMARTS) is 2. The van der Waals surface area contributed by atoms with Gasteiger partial charge in [0.1, 0.15) is 12.0 Å². The van der Waals surface area contributed by atoms with Crippen LogP contribution >= 0.6 is 0 Å². The molecule has 178 valence electrons. The summed E-state index contributed by atoms with van der Waals surface area (Å²) in [6.45, 7) is 0.458. The fourth-order valence-corrected chi connectivity index (χ4v) is 4.49. The quantitative estimate of drug-likeness (QED) is 0.369. The summed E-state index contributed by atoms with van der Waals surface area (Å²) < 4.78 is 41.5. The summed E-state index contributed by atoms with van der Waals surface area (Å²) in [5.41, 5.74) is 1.22. The molecule has 2 aromatic rings. The number of nitrogens with zero attached hydrogens (tertiary/aromatic N) is 1. The van der Waals surface area contributed by atoms with E-state index in [0.717, 1.165) is 9.54 Å². The van der Waals surface area contributed by atoms with Gasteiger partial charge in [-0.3, -0.25) is 0 Å². The van der Waals surface area contributed by atoms with Gasteiger partial charge in [0.2, 0.25) is 0 Å². The molecule has 1 aromatic heterocycles. The predicted molar refractivity (Wildman–Crippen MR) is 118 cm³/mol. The smallest absolute Gasteiger partial charge is 0.328 e. The fourth-order valence-electron chi connectivity index (χ4n) is 2.96. The Morgan fingerprint density at radius 1 is 1.24 bits per heavy atom. The highest BCUT2D eigenvalue weighted by molar-refractivity contribution is 7.93. The molecule has 12 heteroatoms. The summed E-state index contributed by atoms with van der Waals surface area (Å²) in [5.74, 6) is -3.00. The van der Waals surface area contributed by atoms with Gasteiger partial charge in [0.25, 0.3) is 10.0 Å². The van der Waals surface area contributed by atoms with Crippen LogP contribution < -0.4 is 10.6 Å². The first-order chi connectivity index (χ1) is 15.6. The summed E-state index contributed by atoms with van der Waals surface area (Å²) in [5, 5.41) is 30.7. The Morgan fingerprint density at radius 3 is 2.39 bits per heavy atom. The van der Waals surface area contributed by atoms with E-state index in [9.17, 15) is 27.5 Å². The SMILES string of the molecule is CNCc1cc(-c2ccccc2F)n(S(=O)(=O)C2=CNC(O)CC2)c1.O=C(O)/C=C/C(=O)O. The van der Waals surface area contributed by atoms with Crippen LogP contribution in [0.5, 0.6) is 0 Å². The molecule has 0 spiro atoms. The highest BCUT2D eigenvalue weighted by Gasteiger charge is 2.27. The van der Waals surface area contributed by atoms with Crippen LogP contribution in [-0.2, 0) is 26.2 Å². The largest absolute Gasteiger partial charge is 0.478 e. The van der Waals surface area contributed by atoms with Gasteiger partial charge in [0, 0.05) is 36.7 Å². The summed E-state index contributed by atoms with van der Waals surface area (Å²) in [6.07, 6.45) is 3.68. The number of aliphatic hydroxyl groups excluding tert-OH is 1. The van der Waals surface area contributed by atoms with Gasteiger partial charge in [-0.25, -0.2) is 26.4 Å². The molecule has 1 aliphatic heterocycles. The number of hydrogen-bond donors (Lipinski definition) is 5. The number of allylic oxidation sites excluding steroid dienone is 1. The van der Waals surface area contributed by atoms with Crippen LogP contribution in [0.3, 0.4) is 0 Å². The second kappa shape index (κ2) is 11.4. The lowest BCUT2D eigenvalue weighted by Crippen LogP contribution is -2.30. The second-order valence-electron chi connectivity index (χ2n) is 6.89. The average molecular weight is 482 g/mol. The Balaban J connectivity index is 0.000000414. The van der Waals surface area contributed by atoms with Crippen molar-refractivity contribution in [3.05, 3.63) is 71.2 Å². The topological polar surface area (TPSA) is 158 Å². The third-order valence-corrected chi connectivity index (χ3v) is 6.24. The van der Waals surface area contributed by atoms with Crippen molar-refractivity contribution in [3.63, 3.8) is 0 Å². The molecule has 0 bridgehead atoms. The van der Waals surface area contributed by atoms with Gasteiger partial charge in [0.15, 0.2) is 0 Å². The Hall–Kier alpha value is -3.48. The lowest BCUT2D eigenvalue weighted by atomic mass is 10.1. The number of aliphatic carboxylic acids is 2. The van der Waals surface area contributed by atoms with E-state index in [2.05, 4.69) is 10.6 Å². The number of carboxylic acids is 2. The van der Waals surface area contributed by atoms with Crippen molar-refractivity contribution >= 4 is 22.0 Å². The molecule has 10 nitrogen and oxygen atoms in total. The molecule has 1 aliphatic rings. The summed E-state index contributed by atoms with van der Waals surface area (Å²) >= 11 is 0. The number of carbonyl (C=O) groups is 2. The zero-order valence-corrected chi connectivity index (χ0v) is 18.4. The molecular formula is C21H24FN3O7S. The predicted octanol–water partition coefficient (Wildman–Crippen LogP) is 1.45. The highest BCUT2D eigenvalue weighted by Crippen LogP contribution is 2.30. The molecule has 5 N–H and O–H groups in total. The Kier molecular flexibility index (Phi) is 8.91. The van der Waals surface area contributed by atoms with Crippen molar-refractivity contribution in [1.82, 2.24) is 14.6 Å².